The maximum absolute atomic E-state index is 9.16. The fourth-order valence-electron chi connectivity index (χ4n) is 2.99. The van der Waals surface area contributed by atoms with Crippen LogP contribution in [-0.2, 0) is 6.54 Å². The first-order valence-electron chi connectivity index (χ1n) is 7.20. The molecule has 2 rings (SSSR count). The van der Waals surface area contributed by atoms with Gasteiger partial charge in [-0.1, -0.05) is 31.5 Å². The van der Waals surface area contributed by atoms with Gasteiger partial charge in [0.15, 0.2) is 0 Å². The average molecular weight is 257 g/mol. The molecule has 1 fully saturated rings. The number of benzene rings is 1. The number of piperidine rings is 1. The molecule has 2 N–H and O–H groups in total. The highest BCUT2D eigenvalue weighted by atomic mass is 15.2. The Labute approximate surface area is 116 Å². The Morgan fingerprint density at radius 2 is 2.21 bits per heavy atom. The summed E-state index contributed by atoms with van der Waals surface area (Å²) < 4.78 is 0. The van der Waals surface area contributed by atoms with Crippen LogP contribution in [0, 0.1) is 17.2 Å². The summed E-state index contributed by atoms with van der Waals surface area (Å²) in [5, 5.41) is 9.16. The molecular weight excluding hydrogens is 234 g/mol. The van der Waals surface area contributed by atoms with Crippen molar-refractivity contribution in [2.24, 2.45) is 11.7 Å². The second kappa shape index (κ2) is 6.70. The number of hydrogen-bond donors (Lipinski definition) is 1. The van der Waals surface area contributed by atoms with Crippen LogP contribution in [0.1, 0.15) is 37.3 Å². The third-order valence-electron chi connectivity index (χ3n) is 4.31. The minimum Gasteiger partial charge on any atom is -0.329 e. The quantitative estimate of drug-likeness (QED) is 0.901. The van der Waals surface area contributed by atoms with Gasteiger partial charge in [0.25, 0.3) is 0 Å². The first-order valence-corrected chi connectivity index (χ1v) is 7.20. The van der Waals surface area contributed by atoms with Crippen molar-refractivity contribution >= 4 is 0 Å². The van der Waals surface area contributed by atoms with E-state index in [0.717, 1.165) is 30.1 Å². The molecule has 0 amide bonds. The molecule has 0 bridgehead atoms. The van der Waals surface area contributed by atoms with Crippen LogP contribution in [0.25, 0.3) is 0 Å². The molecule has 0 aliphatic carbocycles. The van der Waals surface area contributed by atoms with Crippen LogP contribution < -0.4 is 5.73 Å². The van der Waals surface area contributed by atoms with Gasteiger partial charge in [-0.3, -0.25) is 4.90 Å². The van der Waals surface area contributed by atoms with Gasteiger partial charge in [0.2, 0.25) is 0 Å². The van der Waals surface area contributed by atoms with E-state index in [2.05, 4.69) is 24.0 Å². The summed E-state index contributed by atoms with van der Waals surface area (Å²) in [6.45, 7) is 4.92. The van der Waals surface area contributed by atoms with Crippen molar-refractivity contribution in [3.05, 3.63) is 35.4 Å². The topological polar surface area (TPSA) is 53.0 Å². The maximum atomic E-state index is 9.16. The van der Waals surface area contributed by atoms with E-state index in [0.29, 0.717) is 12.6 Å². The zero-order valence-electron chi connectivity index (χ0n) is 11.7. The molecule has 0 saturated carbocycles. The molecule has 1 aliphatic heterocycles. The Morgan fingerprint density at radius 1 is 1.42 bits per heavy atom. The summed E-state index contributed by atoms with van der Waals surface area (Å²) in [6.07, 6.45) is 3.70. The van der Waals surface area contributed by atoms with Crippen LogP contribution in [0.15, 0.2) is 24.3 Å². The van der Waals surface area contributed by atoms with E-state index in [9.17, 15) is 0 Å². The van der Waals surface area contributed by atoms with Crippen LogP contribution in [0.2, 0.25) is 0 Å². The summed E-state index contributed by atoms with van der Waals surface area (Å²) in [4.78, 5) is 2.45. The lowest BCUT2D eigenvalue weighted by Crippen LogP contribution is -2.46. The fraction of sp³-hybridized carbons (Fsp3) is 0.562. The van der Waals surface area contributed by atoms with Crippen LogP contribution in [0.4, 0.5) is 0 Å². The summed E-state index contributed by atoms with van der Waals surface area (Å²) in [7, 11) is 0. The third-order valence-corrected chi connectivity index (χ3v) is 4.31. The zero-order chi connectivity index (χ0) is 13.7. The molecule has 1 saturated heterocycles. The van der Waals surface area contributed by atoms with Gasteiger partial charge in [0.05, 0.1) is 11.6 Å². The van der Waals surface area contributed by atoms with Crippen LogP contribution >= 0.6 is 0 Å². The molecule has 1 aliphatic rings. The lowest BCUT2D eigenvalue weighted by atomic mass is 9.88. The molecule has 0 aromatic heterocycles. The van der Waals surface area contributed by atoms with E-state index in [1.807, 2.05) is 18.2 Å². The fourth-order valence-corrected chi connectivity index (χ4v) is 2.99. The number of rotatable bonds is 4. The Morgan fingerprint density at radius 3 is 2.89 bits per heavy atom. The van der Waals surface area contributed by atoms with Crippen molar-refractivity contribution < 1.29 is 0 Å². The standard InChI is InChI=1S/C16H23N3/c1-2-13-7-8-19(16(9-13)11-18)12-15-6-4-3-5-14(15)10-17/h3-6,13,16H,2,7-9,11-12,18H2,1H3. The monoisotopic (exact) mass is 257 g/mol. The van der Waals surface area contributed by atoms with Crippen molar-refractivity contribution in [1.29, 1.82) is 5.26 Å². The molecule has 19 heavy (non-hydrogen) atoms. The molecule has 1 heterocycles. The van der Waals surface area contributed by atoms with Gasteiger partial charge < -0.3 is 5.73 Å². The first-order chi connectivity index (χ1) is 9.28. The second-order valence-corrected chi connectivity index (χ2v) is 5.43. The molecule has 3 nitrogen and oxygen atoms in total. The summed E-state index contributed by atoms with van der Waals surface area (Å²) in [6, 6.07) is 10.6. The number of nitrogens with zero attached hydrogens (tertiary/aromatic N) is 2. The van der Waals surface area contributed by atoms with E-state index in [1.54, 1.807) is 0 Å². The second-order valence-electron chi connectivity index (χ2n) is 5.43. The predicted molar refractivity (Wildman–Crippen MR) is 77.4 cm³/mol. The third kappa shape index (κ3) is 3.34. The Kier molecular flexibility index (Phi) is 4.95. The Balaban J connectivity index is 2.08. The van der Waals surface area contributed by atoms with Crippen LogP contribution in [0.5, 0.6) is 0 Å². The molecule has 3 heteroatoms. The molecule has 102 valence electrons. The smallest absolute Gasteiger partial charge is 0.0995 e. The molecule has 0 radical (unpaired) electrons. The lowest BCUT2D eigenvalue weighted by molar-refractivity contribution is 0.107. The highest BCUT2D eigenvalue weighted by molar-refractivity contribution is 5.37. The number of nitriles is 1. The highest BCUT2D eigenvalue weighted by Crippen LogP contribution is 2.26. The highest BCUT2D eigenvalue weighted by Gasteiger charge is 2.26. The molecule has 2 unspecified atom stereocenters. The van der Waals surface area contributed by atoms with E-state index in [-0.39, 0.29) is 0 Å². The van der Waals surface area contributed by atoms with Crippen molar-refractivity contribution in [3.63, 3.8) is 0 Å². The molecular formula is C16H23N3. The Hall–Kier alpha value is -1.37. The molecule has 0 spiro atoms. The number of nitrogens with two attached hydrogens (primary N) is 1. The average Bonchev–Trinajstić information content (AvgIpc) is 2.48. The van der Waals surface area contributed by atoms with E-state index in [1.165, 1.54) is 19.3 Å². The van der Waals surface area contributed by atoms with Gasteiger partial charge in [-0.05, 0) is 36.9 Å². The molecule has 1 aromatic rings. The minimum absolute atomic E-state index is 0.463. The maximum Gasteiger partial charge on any atom is 0.0995 e. The van der Waals surface area contributed by atoms with Crippen molar-refractivity contribution in [2.45, 2.75) is 38.8 Å². The van der Waals surface area contributed by atoms with Crippen molar-refractivity contribution in [2.75, 3.05) is 13.1 Å². The summed E-state index contributed by atoms with van der Waals surface area (Å²) in [5.74, 6) is 0.816. The number of hydrogen-bond acceptors (Lipinski definition) is 3. The van der Waals surface area contributed by atoms with Crippen LogP contribution in [0.3, 0.4) is 0 Å². The Bertz CT molecular complexity index is 450. The zero-order valence-corrected chi connectivity index (χ0v) is 11.7. The molecule has 1 aromatic carbocycles. The van der Waals surface area contributed by atoms with Gasteiger partial charge in [0, 0.05) is 19.1 Å². The van der Waals surface area contributed by atoms with Crippen molar-refractivity contribution in [1.82, 2.24) is 4.90 Å². The first kappa shape index (κ1) is 14.0. The minimum atomic E-state index is 0.463. The van der Waals surface area contributed by atoms with Gasteiger partial charge in [-0.15, -0.1) is 0 Å². The van der Waals surface area contributed by atoms with Crippen molar-refractivity contribution in [3.8, 4) is 6.07 Å². The van der Waals surface area contributed by atoms with Gasteiger partial charge in [-0.2, -0.15) is 5.26 Å². The normalized spacial score (nSPS) is 24.1. The van der Waals surface area contributed by atoms with Gasteiger partial charge >= 0.3 is 0 Å². The molecule has 2 atom stereocenters. The lowest BCUT2D eigenvalue weighted by Gasteiger charge is -2.39. The van der Waals surface area contributed by atoms with Gasteiger partial charge in [-0.25, -0.2) is 0 Å². The SMILES string of the molecule is CCC1CCN(Cc2ccccc2C#N)C(CN)C1. The van der Waals surface area contributed by atoms with E-state index < -0.39 is 0 Å². The van der Waals surface area contributed by atoms with E-state index in [4.69, 9.17) is 11.0 Å². The van der Waals surface area contributed by atoms with E-state index >= 15 is 0 Å². The van der Waals surface area contributed by atoms with Crippen LogP contribution in [-0.4, -0.2) is 24.0 Å². The summed E-state index contributed by atoms with van der Waals surface area (Å²) in [5.41, 5.74) is 7.84. The largest absolute Gasteiger partial charge is 0.329 e. The summed E-state index contributed by atoms with van der Waals surface area (Å²) >= 11 is 0. The van der Waals surface area contributed by atoms with Gasteiger partial charge in [0.1, 0.15) is 0 Å². The number of likely N-dealkylation sites (tertiary alicyclic amines) is 1. The predicted octanol–water partition coefficient (Wildman–Crippen LogP) is 2.51.